The third-order valence-electron chi connectivity index (χ3n) is 3.72. The highest BCUT2D eigenvalue weighted by Gasteiger charge is 2.15. The molecule has 21 heavy (non-hydrogen) atoms. The number of benzene rings is 1. The van der Waals surface area contributed by atoms with Crippen LogP contribution in [0.4, 0.5) is 5.69 Å². The average Bonchev–Trinajstić information content (AvgIpc) is 2.51. The molecule has 0 unspecified atom stereocenters. The summed E-state index contributed by atoms with van der Waals surface area (Å²) in [6, 6.07) is 6.00. The molecule has 1 aromatic heterocycles. The van der Waals surface area contributed by atoms with Crippen LogP contribution in [0, 0.1) is 0 Å². The summed E-state index contributed by atoms with van der Waals surface area (Å²) in [6.07, 6.45) is 0. The zero-order chi connectivity index (χ0) is 15.0. The van der Waals surface area contributed by atoms with E-state index in [0.29, 0.717) is 9.99 Å². The molecule has 1 saturated heterocycles. The van der Waals surface area contributed by atoms with Gasteiger partial charge in [-0.2, -0.15) is 5.10 Å². The number of aromatic nitrogens is 2. The van der Waals surface area contributed by atoms with Gasteiger partial charge in [0.05, 0.1) is 24.6 Å². The van der Waals surface area contributed by atoms with Gasteiger partial charge in [0.25, 0.3) is 5.56 Å². The zero-order valence-corrected chi connectivity index (χ0v) is 13.8. The molecule has 5 nitrogen and oxygen atoms in total. The van der Waals surface area contributed by atoms with E-state index in [0.717, 1.165) is 37.4 Å². The Hall–Kier alpha value is -1.40. The van der Waals surface area contributed by atoms with E-state index in [1.807, 2.05) is 32.0 Å². The number of nitrogens with zero attached hydrogens (tertiary/aromatic N) is 3. The van der Waals surface area contributed by atoms with E-state index < -0.39 is 0 Å². The molecule has 2 heterocycles. The van der Waals surface area contributed by atoms with Gasteiger partial charge >= 0.3 is 0 Å². The summed E-state index contributed by atoms with van der Waals surface area (Å²) in [5.74, 6) is 0. The quantitative estimate of drug-likeness (QED) is 0.834. The fraction of sp³-hybridized carbons (Fsp3) is 0.467. The molecular weight excluding hydrogens is 334 g/mol. The van der Waals surface area contributed by atoms with Crippen LogP contribution in [0.5, 0.6) is 0 Å². The lowest BCUT2D eigenvalue weighted by Gasteiger charge is -2.29. The highest BCUT2D eigenvalue weighted by molar-refractivity contribution is 9.10. The van der Waals surface area contributed by atoms with Crippen molar-refractivity contribution in [1.29, 1.82) is 0 Å². The summed E-state index contributed by atoms with van der Waals surface area (Å²) >= 11 is 3.47. The molecule has 1 fully saturated rings. The Morgan fingerprint density at radius 2 is 1.95 bits per heavy atom. The van der Waals surface area contributed by atoms with Gasteiger partial charge in [0.1, 0.15) is 4.60 Å². The fourth-order valence-corrected chi connectivity index (χ4v) is 3.09. The second-order valence-electron chi connectivity index (χ2n) is 5.46. The molecular formula is C15H18BrN3O2. The summed E-state index contributed by atoms with van der Waals surface area (Å²) in [7, 11) is 0. The number of rotatable bonds is 2. The Labute approximate surface area is 131 Å². The lowest BCUT2D eigenvalue weighted by Crippen LogP contribution is -2.36. The van der Waals surface area contributed by atoms with Crippen LogP contribution in [0.15, 0.2) is 27.6 Å². The molecule has 0 atom stereocenters. The van der Waals surface area contributed by atoms with Crippen molar-refractivity contribution in [3.63, 3.8) is 0 Å². The van der Waals surface area contributed by atoms with Gasteiger partial charge in [-0.15, -0.1) is 0 Å². The monoisotopic (exact) mass is 351 g/mol. The number of halogens is 1. The largest absolute Gasteiger partial charge is 0.378 e. The van der Waals surface area contributed by atoms with E-state index in [1.165, 1.54) is 4.68 Å². The van der Waals surface area contributed by atoms with Crippen LogP contribution in [0.25, 0.3) is 10.8 Å². The summed E-state index contributed by atoms with van der Waals surface area (Å²) in [6.45, 7) is 7.09. The number of ether oxygens (including phenoxy) is 1. The van der Waals surface area contributed by atoms with Gasteiger partial charge in [0.2, 0.25) is 0 Å². The number of morpholine rings is 1. The normalized spacial score (nSPS) is 15.9. The Morgan fingerprint density at radius 1 is 1.24 bits per heavy atom. The first kappa shape index (κ1) is 14.5. The first-order chi connectivity index (χ1) is 10.1. The van der Waals surface area contributed by atoms with Crippen LogP contribution in [-0.2, 0) is 4.74 Å². The molecule has 1 aromatic carbocycles. The van der Waals surface area contributed by atoms with E-state index in [9.17, 15) is 4.79 Å². The van der Waals surface area contributed by atoms with Gasteiger partial charge in [-0.1, -0.05) is 0 Å². The predicted molar refractivity (Wildman–Crippen MR) is 87.1 cm³/mol. The number of hydrogen-bond donors (Lipinski definition) is 0. The molecule has 6 heteroatoms. The molecule has 0 spiro atoms. The first-order valence-electron chi connectivity index (χ1n) is 7.12. The maximum atomic E-state index is 12.6. The lowest BCUT2D eigenvalue weighted by atomic mass is 10.1. The predicted octanol–water partition coefficient (Wildman–Crippen LogP) is 2.58. The van der Waals surface area contributed by atoms with Gasteiger partial charge in [-0.3, -0.25) is 4.79 Å². The Balaban J connectivity index is 2.15. The standard InChI is InChI=1S/C15H18BrN3O2/c1-10(2)19-15(20)13-9-11(18-5-7-21-8-6-18)3-4-12(13)14(16)17-19/h3-4,9-10H,5-8H2,1-2H3. The summed E-state index contributed by atoms with van der Waals surface area (Å²) < 4.78 is 7.61. The highest BCUT2D eigenvalue weighted by atomic mass is 79.9. The SMILES string of the molecule is CC(C)n1nc(Br)c2ccc(N3CCOCC3)cc2c1=O. The summed E-state index contributed by atoms with van der Waals surface area (Å²) in [4.78, 5) is 14.8. The Morgan fingerprint density at radius 3 is 2.62 bits per heavy atom. The average molecular weight is 352 g/mol. The van der Waals surface area contributed by atoms with Crippen LogP contribution in [0.1, 0.15) is 19.9 Å². The zero-order valence-electron chi connectivity index (χ0n) is 12.2. The number of hydrogen-bond acceptors (Lipinski definition) is 4. The number of fused-ring (bicyclic) bond motifs is 1. The molecule has 0 saturated carbocycles. The van der Waals surface area contributed by atoms with Crippen LogP contribution >= 0.6 is 15.9 Å². The molecule has 1 aliphatic heterocycles. The Kier molecular flexibility index (Phi) is 3.99. The molecule has 112 valence electrons. The van der Waals surface area contributed by atoms with Gasteiger partial charge in [0, 0.05) is 24.2 Å². The molecule has 0 bridgehead atoms. The van der Waals surface area contributed by atoms with E-state index in [1.54, 1.807) is 0 Å². The molecule has 0 aliphatic carbocycles. The topological polar surface area (TPSA) is 47.4 Å². The molecule has 0 N–H and O–H groups in total. The molecule has 1 aliphatic rings. The summed E-state index contributed by atoms with van der Waals surface area (Å²) in [5, 5.41) is 5.89. The molecule has 2 aromatic rings. The summed E-state index contributed by atoms with van der Waals surface area (Å²) in [5.41, 5.74) is 1.02. The minimum atomic E-state index is -0.0432. The second-order valence-corrected chi connectivity index (χ2v) is 6.21. The number of anilines is 1. The van der Waals surface area contributed by atoms with E-state index in [-0.39, 0.29) is 11.6 Å². The van der Waals surface area contributed by atoms with Crippen LogP contribution in [0.2, 0.25) is 0 Å². The van der Waals surface area contributed by atoms with E-state index >= 15 is 0 Å². The van der Waals surface area contributed by atoms with Crippen LogP contribution in [-0.4, -0.2) is 36.1 Å². The van der Waals surface area contributed by atoms with Crippen molar-refractivity contribution < 1.29 is 4.74 Å². The lowest BCUT2D eigenvalue weighted by molar-refractivity contribution is 0.122. The third kappa shape index (κ3) is 2.70. The minimum absolute atomic E-state index is 0.0326. The molecule has 3 rings (SSSR count). The molecule has 0 amide bonds. The van der Waals surface area contributed by atoms with Crippen LogP contribution in [0.3, 0.4) is 0 Å². The van der Waals surface area contributed by atoms with Crippen molar-refractivity contribution in [3.05, 3.63) is 33.2 Å². The van der Waals surface area contributed by atoms with Crippen molar-refractivity contribution in [2.24, 2.45) is 0 Å². The van der Waals surface area contributed by atoms with Crippen molar-refractivity contribution >= 4 is 32.4 Å². The molecule has 0 radical (unpaired) electrons. The third-order valence-corrected chi connectivity index (χ3v) is 4.31. The smallest absolute Gasteiger partial charge is 0.275 e. The maximum absolute atomic E-state index is 12.6. The van der Waals surface area contributed by atoms with Gasteiger partial charge in [0.15, 0.2) is 0 Å². The van der Waals surface area contributed by atoms with Crippen molar-refractivity contribution in [2.45, 2.75) is 19.9 Å². The van der Waals surface area contributed by atoms with Crippen molar-refractivity contribution in [2.75, 3.05) is 31.2 Å². The van der Waals surface area contributed by atoms with Gasteiger partial charge in [-0.25, -0.2) is 4.68 Å². The second kappa shape index (κ2) is 5.77. The fourth-order valence-electron chi connectivity index (χ4n) is 2.57. The Bertz CT molecular complexity index is 721. The van der Waals surface area contributed by atoms with Gasteiger partial charge < -0.3 is 9.64 Å². The minimum Gasteiger partial charge on any atom is -0.378 e. The van der Waals surface area contributed by atoms with Crippen molar-refractivity contribution in [1.82, 2.24) is 9.78 Å². The maximum Gasteiger partial charge on any atom is 0.275 e. The van der Waals surface area contributed by atoms with Gasteiger partial charge in [-0.05, 0) is 48.0 Å². The first-order valence-corrected chi connectivity index (χ1v) is 7.92. The van der Waals surface area contributed by atoms with E-state index in [4.69, 9.17) is 4.74 Å². The van der Waals surface area contributed by atoms with Crippen LogP contribution < -0.4 is 10.5 Å². The van der Waals surface area contributed by atoms with E-state index in [2.05, 4.69) is 25.9 Å². The highest BCUT2D eigenvalue weighted by Crippen LogP contribution is 2.25. The van der Waals surface area contributed by atoms with Crippen molar-refractivity contribution in [3.8, 4) is 0 Å².